The second kappa shape index (κ2) is 12.0. The zero-order chi connectivity index (χ0) is 22.9. The van der Waals surface area contributed by atoms with Crippen LogP contribution in [0.5, 0.6) is 0 Å². The highest BCUT2D eigenvalue weighted by Crippen LogP contribution is 2.15. The van der Waals surface area contributed by atoms with Crippen molar-refractivity contribution in [3.63, 3.8) is 0 Å². The van der Waals surface area contributed by atoms with Gasteiger partial charge in [-0.2, -0.15) is 0 Å². The Morgan fingerprint density at radius 3 is 2.28 bits per heavy atom. The van der Waals surface area contributed by atoms with Crippen LogP contribution in [0.2, 0.25) is 0 Å². The Morgan fingerprint density at radius 1 is 1.00 bits per heavy atom. The van der Waals surface area contributed by atoms with Gasteiger partial charge >= 0.3 is 6.03 Å². The molecule has 1 N–H and O–H groups in total. The van der Waals surface area contributed by atoms with Crippen molar-refractivity contribution in [3.8, 4) is 0 Å². The van der Waals surface area contributed by atoms with Gasteiger partial charge in [0.15, 0.2) is 0 Å². The number of carbonyl (C=O) groups excluding carboxylic acids is 2. The number of benzene rings is 2. The van der Waals surface area contributed by atoms with Gasteiger partial charge in [-0.1, -0.05) is 60.1 Å². The van der Waals surface area contributed by atoms with Gasteiger partial charge in [0.25, 0.3) is 0 Å². The first-order valence-electron chi connectivity index (χ1n) is 11.3. The van der Waals surface area contributed by atoms with E-state index in [-0.39, 0.29) is 11.9 Å². The fourth-order valence-electron chi connectivity index (χ4n) is 3.84. The summed E-state index contributed by atoms with van der Waals surface area (Å²) in [5.41, 5.74) is 2.04. The Hall–Kier alpha value is -2.38. The molecule has 7 heteroatoms. The van der Waals surface area contributed by atoms with E-state index in [9.17, 15) is 9.59 Å². The van der Waals surface area contributed by atoms with E-state index in [0.717, 1.165) is 42.9 Å². The van der Waals surface area contributed by atoms with Crippen LogP contribution in [0, 0.1) is 5.92 Å². The van der Waals surface area contributed by atoms with Gasteiger partial charge in [0, 0.05) is 62.4 Å². The van der Waals surface area contributed by atoms with Crippen molar-refractivity contribution in [2.45, 2.75) is 26.8 Å². The van der Waals surface area contributed by atoms with Crippen molar-refractivity contribution in [1.29, 1.82) is 0 Å². The number of hydrogen-bond donors (Lipinski definition) is 1. The molecule has 0 radical (unpaired) electrons. The molecule has 1 fully saturated rings. The van der Waals surface area contributed by atoms with Crippen LogP contribution in [0.15, 0.2) is 59.1 Å². The molecule has 0 saturated carbocycles. The number of piperazine rings is 1. The first-order valence-corrected chi connectivity index (χ1v) is 12.1. The van der Waals surface area contributed by atoms with Crippen LogP contribution >= 0.6 is 15.9 Å². The van der Waals surface area contributed by atoms with E-state index in [2.05, 4.69) is 64.3 Å². The minimum Gasteiger partial charge on any atom is -0.340 e. The van der Waals surface area contributed by atoms with Gasteiger partial charge in [0.05, 0.1) is 0 Å². The molecular formula is C25H33BrN4O2. The number of nitrogens with one attached hydrogen (secondary N) is 1. The van der Waals surface area contributed by atoms with E-state index in [0.29, 0.717) is 25.4 Å². The molecule has 1 aliphatic rings. The minimum atomic E-state index is -0.165. The summed E-state index contributed by atoms with van der Waals surface area (Å²) in [6.07, 6.45) is 0.346. The maximum Gasteiger partial charge on any atom is 0.321 e. The summed E-state index contributed by atoms with van der Waals surface area (Å²) in [5.74, 6) is 0.442. The second-order valence-corrected chi connectivity index (χ2v) is 9.59. The minimum absolute atomic E-state index is 0.120. The molecular weight excluding hydrogens is 468 g/mol. The van der Waals surface area contributed by atoms with Crippen molar-refractivity contribution >= 4 is 33.6 Å². The first kappa shape index (κ1) is 24.3. The van der Waals surface area contributed by atoms with E-state index < -0.39 is 0 Å². The zero-order valence-electron chi connectivity index (χ0n) is 19.0. The largest absolute Gasteiger partial charge is 0.340 e. The highest BCUT2D eigenvalue weighted by atomic mass is 79.9. The summed E-state index contributed by atoms with van der Waals surface area (Å²) in [7, 11) is 0. The third kappa shape index (κ3) is 7.64. The van der Waals surface area contributed by atoms with Crippen LogP contribution in [0.4, 0.5) is 10.5 Å². The van der Waals surface area contributed by atoms with E-state index in [1.54, 1.807) is 4.90 Å². The molecule has 32 heavy (non-hydrogen) atoms. The molecule has 172 valence electrons. The van der Waals surface area contributed by atoms with Gasteiger partial charge in [0.1, 0.15) is 0 Å². The number of amides is 3. The third-order valence-electron chi connectivity index (χ3n) is 5.54. The lowest BCUT2D eigenvalue weighted by Crippen LogP contribution is -2.49. The molecule has 2 aromatic carbocycles. The summed E-state index contributed by atoms with van der Waals surface area (Å²) in [6, 6.07) is 17.8. The standard InChI is InChI=1S/C25H33BrN4O2/c1-20(2)18-30(25(32)27-23-10-8-22(26)9-11-23)13-12-24(31)29-16-14-28(15-17-29)19-21-6-4-3-5-7-21/h3-11,20H,12-19H2,1-2H3,(H,27,32). The molecule has 2 aromatic rings. The number of anilines is 1. The maximum atomic E-state index is 12.8. The van der Waals surface area contributed by atoms with E-state index in [1.165, 1.54) is 5.56 Å². The Bertz CT molecular complexity index is 865. The van der Waals surface area contributed by atoms with E-state index >= 15 is 0 Å². The number of carbonyl (C=O) groups is 2. The maximum absolute atomic E-state index is 12.8. The van der Waals surface area contributed by atoms with Gasteiger partial charge in [-0.15, -0.1) is 0 Å². The zero-order valence-corrected chi connectivity index (χ0v) is 20.6. The van der Waals surface area contributed by atoms with Gasteiger partial charge < -0.3 is 15.1 Å². The number of rotatable bonds is 8. The monoisotopic (exact) mass is 500 g/mol. The van der Waals surface area contributed by atoms with Crippen molar-refractivity contribution in [3.05, 3.63) is 64.6 Å². The molecule has 1 heterocycles. The van der Waals surface area contributed by atoms with Crippen molar-refractivity contribution in [2.24, 2.45) is 5.92 Å². The molecule has 0 aliphatic carbocycles. The average molecular weight is 501 g/mol. The predicted octanol–water partition coefficient (Wildman–Crippen LogP) is 4.67. The SMILES string of the molecule is CC(C)CN(CCC(=O)N1CCN(Cc2ccccc2)CC1)C(=O)Nc1ccc(Br)cc1. The quantitative estimate of drug-likeness (QED) is 0.572. The fraction of sp³-hybridized carbons (Fsp3) is 0.440. The molecule has 1 saturated heterocycles. The van der Waals surface area contributed by atoms with Crippen molar-refractivity contribution in [2.75, 3.05) is 44.6 Å². The van der Waals surface area contributed by atoms with Crippen molar-refractivity contribution in [1.82, 2.24) is 14.7 Å². The topological polar surface area (TPSA) is 55.9 Å². The molecule has 0 bridgehead atoms. The molecule has 1 aliphatic heterocycles. The molecule has 0 aromatic heterocycles. The lowest BCUT2D eigenvalue weighted by atomic mass is 10.2. The summed E-state index contributed by atoms with van der Waals surface area (Å²) in [5, 5.41) is 2.94. The van der Waals surface area contributed by atoms with Crippen LogP contribution in [0.1, 0.15) is 25.8 Å². The number of urea groups is 1. The molecule has 6 nitrogen and oxygen atoms in total. The van der Waals surface area contributed by atoms with E-state index in [1.807, 2.05) is 35.2 Å². The molecule has 0 atom stereocenters. The Labute approximate surface area is 199 Å². The van der Waals surface area contributed by atoms with E-state index in [4.69, 9.17) is 0 Å². The van der Waals surface area contributed by atoms with Crippen LogP contribution in [0.25, 0.3) is 0 Å². The van der Waals surface area contributed by atoms with Gasteiger partial charge in [0.2, 0.25) is 5.91 Å². The van der Waals surface area contributed by atoms with Crippen LogP contribution in [0.3, 0.4) is 0 Å². The molecule has 3 rings (SSSR count). The normalized spacial score (nSPS) is 14.4. The number of nitrogens with zero attached hydrogens (tertiary/aromatic N) is 3. The predicted molar refractivity (Wildman–Crippen MR) is 132 cm³/mol. The van der Waals surface area contributed by atoms with Crippen LogP contribution < -0.4 is 5.32 Å². The first-order chi connectivity index (χ1) is 15.4. The highest BCUT2D eigenvalue weighted by molar-refractivity contribution is 9.10. The Kier molecular flexibility index (Phi) is 9.11. The Balaban J connectivity index is 1.47. The summed E-state index contributed by atoms with van der Waals surface area (Å²) < 4.78 is 0.962. The highest BCUT2D eigenvalue weighted by Gasteiger charge is 2.23. The second-order valence-electron chi connectivity index (χ2n) is 8.67. The molecule has 0 unspecified atom stereocenters. The van der Waals surface area contributed by atoms with Gasteiger partial charge in [-0.3, -0.25) is 9.69 Å². The molecule has 0 spiro atoms. The van der Waals surface area contributed by atoms with Gasteiger partial charge in [-0.25, -0.2) is 4.79 Å². The Morgan fingerprint density at radius 2 is 1.66 bits per heavy atom. The smallest absolute Gasteiger partial charge is 0.321 e. The summed E-state index contributed by atoms with van der Waals surface area (Å²) in [4.78, 5) is 31.7. The van der Waals surface area contributed by atoms with Crippen LogP contribution in [-0.2, 0) is 11.3 Å². The fourth-order valence-corrected chi connectivity index (χ4v) is 4.10. The number of hydrogen-bond acceptors (Lipinski definition) is 3. The lowest BCUT2D eigenvalue weighted by Gasteiger charge is -2.35. The van der Waals surface area contributed by atoms with Gasteiger partial charge in [-0.05, 0) is 35.7 Å². The average Bonchev–Trinajstić information content (AvgIpc) is 2.79. The summed E-state index contributed by atoms with van der Waals surface area (Å²) >= 11 is 3.40. The molecule has 3 amide bonds. The summed E-state index contributed by atoms with van der Waals surface area (Å²) in [6.45, 7) is 9.33. The number of halogens is 1. The lowest BCUT2D eigenvalue weighted by molar-refractivity contribution is -0.133. The third-order valence-corrected chi connectivity index (χ3v) is 6.07. The van der Waals surface area contributed by atoms with Crippen molar-refractivity contribution < 1.29 is 9.59 Å². The van der Waals surface area contributed by atoms with Crippen LogP contribution in [-0.4, -0.2) is 65.9 Å².